The first kappa shape index (κ1) is 9.05. The number of hydrogen-bond donors (Lipinski definition) is 4. The van der Waals surface area contributed by atoms with Gasteiger partial charge in [0.15, 0.2) is 5.84 Å². The highest BCUT2D eigenvalue weighted by Gasteiger charge is 2.01. The molecule has 13 heavy (non-hydrogen) atoms. The topological polar surface area (TPSA) is 108 Å². The summed E-state index contributed by atoms with van der Waals surface area (Å²) in [6.45, 7) is 0. The lowest BCUT2D eigenvalue weighted by Crippen LogP contribution is -2.13. The highest BCUT2D eigenvalue weighted by Crippen LogP contribution is 2.11. The Bertz CT molecular complexity index is 359. The van der Waals surface area contributed by atoms with Crippen LogP contribution in [0.3, 0.4) is 0 Å². The second-order valence-electron chi connectivity index (χ2n) is 2.47. The number of nitrogens with zero attached hydrogens (tertiary/aromatic N) is 1. The number of amidine groups is 1. The zero-order valence-electron chi connectivity index (χ0n) is 6.86. The van der Waals surface area contributed by atoms with Crippen LogP contribution in [0.2, 0.25) is 0 Å². The molecule has 1 rings (SSSR count). The Hall–Kier alpha value is -2.04. The van der Waals surface area contributed by atoms with E-state index in [2.05, 4.69) is 5.16 Å². The normalized spacial score (nSPS) is 11.2. The minimum atomic E-state index is 0.00287. The number of rotatable bonds is 2. The number of nitrogen functional groups attached to an aromatic ring is 1. The van der Waals surface area contributed by atoms with Crippen molar-refractivity contribution in [2.45, 2.75) is 0 Å². The number of anilines is 1. The molecule has 68 valence electrons. The van der Waals surface area contributed by atoms with Crippen LogP contribution in [0, 0.1) is 5.41 Å². The first-order valence-electron chi connectivity index (χ1n) is 3.57. The van der Waals surface area contributed by atoms with E-state index in [0.29, 0.717) is 16.8 Å². The summed E-state index contributed by atoms with van der Waals surface area (Å²) in [6.07, 6.45) is 1.11. The van der Waals surface area contributed by atoms with Crippen molar-refractivity contribution in [3.05, 3.63) is 29.3 Å². The van der Waals surface area contributed by atoms with E-state index in [4.69, 9.17) is 22.1 Å². The highest BCUT2D eigenvalue weighted by atomic mass is 16.4. The molecule has 0 aliphatic heterocycles. The van der Waals surface area contributed by atoms with E-state index in [9.17, 15) is 0 Å². The SMILES string of the molecule is N=Cc1cc(/C(N)=N/O)ccc1N. The largest absolute Gasteiger partial charge is 0.409 e. The number of nitrogens with two attached hydrogens (primary N) is 2. The van der Waals surface area contributed by atoms with Gasteiger partial charge in [-0.25, -0.2) is 0 Å². The van der Waals surface area contributed by atoms with Crippen molar-refractivity contribution in [2.75, 3.05) is 5.73 Å². The molecule has 0 fully saturated rings. The van der Waals surface area contributed by atoms with Gasteiger partial charge in [0.1, 0.15) is 0 Å². The predicted molar refractivity (Wildman–Crippen MR) is 51.3 cm³/mol. The molecular weight excluding hydrogens is 168 g/mol. The first-order valence-corrected chi connectivity index (χ1v) is 3.57. The minimum absolute atomic E-state index is 0.00287. The van der Waals surface area contributed by atoms with Crippen LogP contribution in [0.25, 0.3) is 0 Å². The van der Waals surface area contributed by atoms with Crippen molar-refractivity contribution in [1.29, 1.82) is 5.41 Å². The Labute approximate surface area is 75.2 Å². The van der Waals surface area contributed by atoms with Crippen LogP contribution < -0.4 is 11.5 Å². The molecule has 0 aliphatic rings. The van der Waals surface area contributed by atoms with Gasteiger partial charge in [0.25, 0.3) is 0 Å². The van der Waals surface area contributed by atoms with E-state index in [1.807, 2.05) is 0 Å². The van der Waals surface area contributed by atoms with Crippen LogP contribution in [0.15, 0.2) is 23.4 Å². The fourth-order valence-electron chi connectivity index (χ4n) is 0.917. The lowest BCUT2D eigenvalue weighted by atomic mass is 10.1. The maximum Gasteiger partial charge on any atom is 0.170 e. The van der Waals surface area contributed by atoms with Gasteiger partial charge in [0, 0.05) is 23.0 Å². The summed E-state index contributed by atoms with van der Waals surface area (Å²) in [5, 5.41) is 18.3. The Morgan fingerprint density at radius 1 is 1.54 bits per heavy atom. The fourth-order valence-corrected chi connectivity index (χ4v) is 0.917. The van der Waals surface area contributed by atoms with Gasteiger partial charge in [-0.05, 0) is 18.2 Å². The van der Waals surface area contributed by atoms with Crippen molar-refractivity contribution in [1.82, 2.24) is 0 Å². The van der Waals surface area contributed by atoms with Gasteiger partial charge in [-0.1, -0.05) is 5.16 Å². The molecule has 0 spiro atoms. The summed E-state index contributed by atoms with van der Waals surface area (Å²) in [5.41, 5.74) is 12.5. The maximum atomic E-state index is 8.40. The monoisotopic (exact) mass is 178 g/mol. The number of benzene rings is 1. The van der Waals surface area contributed by atoms with Gasteiger partial charge >= 0.3 is 0 Å². The van der Waals surface area contributed by atoms with Crippen molar-refractivity contribution >= 4 is 17.7 Å². The lowest BCUT2D eigenvalue weighted by Gasteiger charge is -2.02. The molecule has 1 aromatic carbocycles. The molecule has 0 unspecified atom stereocenters. The third-order valence-corrected chi connectivity index (χ3v) is 1.65. The lowest BCUT2D eigenvalue weighted by molar-refractivity contribution is 0.318. The summed E-state index contributed by atoms with van der Waals surface area (Å²) in [5.74, 6) is 0.00287. The zero-order chi connectivity index (χ0) is 9.84. The van der Waals surface area contributed by atoms with Crippen LogP contribution in [0.5, 0.6) is 0 Å². The Kier molecular flexibility index (Phi) is 2.49. The van der Waals surface area contributed by atoms with Crippen LogP contribution in [-0.2, 0) is 0 Å². The average molecular weight is 178 g/mol. The molecule has 0 saturated heterocycles. The van der Waals surface area contributed by atoms with E-state index < -0.39 is 0 Å². The Morgan fingerprint density at radius 3 is 2.77 bits per heavy atom. The van der Waals surface area contributed by atoms with Crippen LogP contribution >= 0.6 is 0 Å². The number of oxime groups is 1. The molecule has 5 nitrogen and oxygen atoms in total. The standard InChI is InChI=1S/C8H10N4O/c9-4-6-3-5(8(11)12-13)1-2-7(6)10/h1-4,9,13H,10H2,(H2,11,12). The molecule has 0 bridgehead atoms. The van der Waals surface area contributed by atoms with Crippen LogP contribution in [-0.4, -0.2) is 17.3 Å². The Morgan fingerprint density at radius 2 is 2.23 bits per heavy atom. The molecule has 0 saturated carbocycles. The molecular formula is C8H10N4O. The van der Waals surface area contributed by atoms with Crippen molar-refractivity contribution < 1.29 is 5.21 Å². The van der Waals surface area contributed by atoms with Crippen LogP contribution in [0.4, 0.5) is 5.69 Å². The molecule has 0 aliphatic carbocycles. The molecule has 0 radical (unpaired) electrons. The molecule has 0 amide bonds. The van der Waals surface area contributed by atoms with E-state index in [1.165, 1.54) is 0 Å². The number of hydrogen-bond acceptors (Lipinski definition) is 4. The molecule has 0 heterocycles. The summed E-state index contributed by atoms with van der Waals surface area (Å²) in [6, 6.07) is 4.81. The average Bonchev–Trinajstić information content (AvgIpc) is 2.17. The quantitative estimate of drug-likeness (QED) is 0.172. The third kappa shape index (κ3) is 1.76. The third-order valence-electron chi connectivity index (χ3n) is 1.65. The van der Waals surface area contributed by atoms with Gasteiger partial charge in [-0.3, -0.25) is 0 Å². The van der Waals surface area contributed by atoms with Gasteiger partial charge in [-0.15, -0.1) is 0 Å². The molecule has 5 heteroatoms. The number of nitrogens with one attached hydrogen (secondary N) is 1. The van der Waals surface area contributed by atoms with Gasteiger partial charge in [-0.2, -0.15) is 0 Å². The smallest absolute Gasteiger partial charge is 0.170 e. The summed E-state index contributed by atoms with van der Waals surface area (Å²) < 4.78 is 0. The molecule has 1 aromatic rings. The summed E-state index contributed by atoms with van der Waals surface area (Å²) in [4.78, 5) is 0. The van der Waals surface area contributed by atoms with E-state index >= 15 is 0 Å². The fraction of sp³-hybridized carbons (Fsp3) is 0. The minimum Gasteiger partial charge on any atom is -0.409 e. The molecule has 6 N–H and O–H groups in total. The van der Waals surface area contributed by atoms with E-state index in [-0.39, 0.29) is 5.84 Å². The summed E-state index contributed by atoms with van der Waals surface area (Å²) >= 11 is 0. The van der Waals surface area contributed by atoms with Crippen LogP contribution in [0.1, 0.15) is 11.1 Å². The second-order valence-corrected chi connectivity index (χ2v) is 2.47. The first-order chi connectivity index (χ1) is 6.19. The zero-order valence-corrected chi connectivity index (χ0v) is 6.86. The van der Waals surface area contributed by atoms with E-state index in [0.717, 1.165) is 6.21 Å². The van der Waals surface area contributed by atoms with Gasteiger partial charge in [0.2, 0.25) is 0 Å². The van der Waals surface area contributed by atoms with Crippen molar-refractivity contribution in [3.8, 4) is 0 Å². The maximum absolute atomic E-state index is 8.40. The molecule has 0 atom stereocenters. The van der Waals surface area contributed by atoms with Crippen molar-refractivity contribution in [2.24, 2.45) is 10.9 Å². The second kappa shape index (κ2) is 3.57. The van der Waals surface area contributed by atoms with Gasteiger partial charge < -0.3 is 22.1 Å². The predicted octanol–water partition coefficient (Wildman–Crippen LogP) is 0.361. The Balaban J connectivity index is 3.21. The van der Waals surface area contributed by atoms with E-state index in [1.54, 1.807) is 18.2 Å². The van der Waals surface area contributed by atoms with Crippen molar-refractivity contribution in [3.63, 3.8) is 0 Å². The highest BCUT2D eigenvalue weighted by molar-refractivity contribution is 5.99. The summed E-state index contributed by atoms with van der Waals surface area (Å²) in [7, 11) is 0. The molecule has 0 aromatic heterocycles. The van der Waals surface area contributed by atoms with Gasteiger partial charge in [0.05, 0.1) is 0 Å².